The van der Waals surface area contributed by atoms with E-state index >= 15 is 0 Å². The number of nitrogens with zero attached hydrogens (tertiary/aromatic N) is 4. The predicted octanol–water partition coefficient (Wildman–Crippen LogP) is 10.9. The molecule has 4 aromatic heterocycles. The Morgan fingerprint density at radius 3 is 2.05 bits per heavy atom. The Bertz CT molecular complexity index is 3400. The van der Waals surface area contributed by atoms with E-state index in [0.717, 1.165) is 28.1 Å². The van der Waals surface area contributed by atoms with Gasteiger partial charge in [0, 0.05) is 66.2 Å². The van der Waals surface area contributed by atoms with Crippen LogP contribution in [0.15, 0.2) is 195 Å². The third-order valence-electron chi connectivity index (χ3n) is 12.8. The third kappa shape index (κ3) is 4.81. The van der Waals surface area contributed by atoms with Crippen LogP contribution < -0.4 is 25.6 Å². The Hall–Kier alpha value is -6.86. The number of hydrogen-bond donors (Lipinski definition) is 0. The fraction of sp³-hybridized carbons (Fsp3) is 0.0566. The molecule has 12 rings (SSSR count). The minimum atomic E-state index is -3.01. The van der Waals surface area contributed by atoms with Crippen LogP contribution in [0, 0.1) is 0 Å². The van der Waals surface area contributed by atoms with Crippen molar-refractivity contribution in [3.8, 4) is 0 Å². The lowest BCUT2D eigenvalue weighted by atomic mass is 9.73. The molecule has 11 aromatic rings. The summed E-state index contributed by atoms with van der Waals surface area (Å²) >= 11 is 1.88. The Balaban J connectivity index is 1.16. The average molecular weight is 791 g/mol. The molecule has 0 amide bonds. The molecule has 0 N–H and O–H groups in total. The molecule has 1 aliphatic heterocycles. The molecule has 0 saturated heterocycles. The van der Waals surface area contributed by atoms with Crippen molar-refractivity contribution in [3.05, 3.63) is 206 Å². The first-order valence-corrected chi connectivity index (χ1v) is 23.0. The number of pyridine rings is 2. The van der Waals surface area contributed by atoms with Crippen molar-refractivity contribution in [1.29, 1.82) is 0 Å². The van der Waals surface area contributed by atoms with Crippen LogP contribution in [-0.2, 0) is 5.41 Å². The minimum absolute atomic E-state index is 0.281. The molecule has 0 unspecified atom stereocenters. The summed E-state index contributed by atoms with van der Waals surface area (Å²) in [6, 6.07) is 65.6. The van der Waals surface area contributed by atoms with Crippen molar-refractivity contribution in [1.82, 2.24) is 14.4 Å². The first-order chi connectivity index (χ1) is 29.0. The van der Waals surface area contributed by atoms with Crippen LogP contribution in [0.2, 0.25) is 0 Å². The maximum absolute atomic E-state index is 5.18. The van der Waals surface area contributed by atoms with Crippen molar-refractivity contribution in [3.63, 3.8) is 0 Å². The molecule has 4 nitrogen and oxygen atoms in total. The lowest BCUT2D eigenvalue weighted by molar-refractivity contribution is 0.634. The summed E-state index contributed by atoms with van der Waals surface area (Å²) in [4.78, 5) is 12.6. The van der Waals surface area contributed by atoms with E-state index in [2.05, 4.69) is 205 Å². The molecule has 0 radical (unpaired) electrons. The van der Waals surface area contributed by atoms with Gasteiger partial charge >= 0.3 is 0 Å². The van der Waals surface area contributed by atoms with Gasteiger partial charge in [-0.3, -0.25) is 9.30 Å². The lowest BCUT2D eigenvalue weighted by Gasteiger charge is -2.42. The van der Waals surface area contributed by atoms with E-state index < -0.39 is 8.07 Å². The van der Waals surface area contributed by atoms with E-state index in [0.29, 0.717) is 0 Å². The van der Waals surface area contributed by atoms with Gasteiger partial charge in [-0.05, 0) is 74.2 Å². The number of anilines is 3. The normalized spacial score (nSPS) is 13.7. The molecule has 59 heavy (non-hydrogen) atoms. The topological polar surface area (TPSA) is 33.4 Å². The monoisotopic (exact) mass is 790 g/mol. The second-order valence-corrected chi connectivity index (χ2v) is 21.1. The van der Waals surface area contributed by atoms with Crippen LogP contribution in [0.1, 0.15) is 25.0 Å². The Labute approximate surface area is 347 Å². The predicted molar refractivity (Wildman–Crippen MR) is 251 cm³/mol. The first-order valence-electron chi connectivity index (χ1n) is 20.2. The molecule has 0 saturated carbocycles. The average Bonchev–Trinajstić information content (AvgIpc) is 3.94. The van der Waals surface area contributed by atoms with E-state index in [1.54, 1.807) is 0 Å². The van der Waals surface area contributed by atoms with E-state index in [-0.39, 0.29) is 5.41 Å². The van der Waals surface area contributed by atoms with Gasteiger partial charge in [-0.1, -0.05) is 147 Å². The van der Waals surface area contributed by atoms with Crippen molar-refractivity contribution >= 4 is 105 Å². The zero-order valence-corrected chi connectivity index (χ0v) is 34.5. The van der Waals surface area contributed by atoms with Crippen molar-refractivity contribution in [2.75, 3.05) is 4.90 Å². The summed E-state index contributed by atoms with van der Waals surface area (Å²) in [6.45, 7) is 4.74. The fourth-order valence-corrected chi connectivity index (χ4v) is 16.2. The minimum Gasteiger partial charge on any atom is -0.299 e. The number of imidazole rings is 1. The molecule has 5 heterocycles. The van der Waals surface area contributed by atoms with Crippen molar-refractivity contribution in [2.24, 2.45) is 0 Å². The van der Waals surface area contributed by atoms with Crippen molar-refractivity contribution < 1.29 is 0 Å². The SMILES string of the molecule is CC1(C)c2cccnc2N(c2cccc([Si](c3ccccc3)(c3ccccc3)c3ccc4c5ccccc5n5ccnc5c4c3)c2)c2ccc3sc4ccccc4c3c21. The number of aromatic nitrogens is 3. The highest BCUT2D eigenvalue weighted by Gasteiger charge is 2.44. The second kappa shape index (κ2) is 12.8. The highest BCUT2D eigenvalue weighted by Crippen LogP contribution is 2.55. The van der Waals surface area contributed by atoms with Crippen LogP contribution in [0.25, 0.3) is 47.5 Å². The number of benzene rings is 7. The number of hydrogen-bond acceptors (Lipinski definition) is 4. The Morgan fingerprint density at radius 2 is 1.24 bits per heavy atom. The van der Waals surface area contributed by atoms with Gasteiger partial charge in [0.1, 0.15) is 11.5 Å². The van der Waals surface area contributed by atoms with Gasteiger partial charge in [-0.2, -0.15) is 0 Å². The molecule has 0 atom stereocenters. The number of thiophene rings is 1. The summed E-state index contributed by atoms with van der Waals surface area (Å²) in [7, 11) is -3.01. The van der Waals surface area contributed by atoms with Crippen LogP contribution in [-0.4, -0.2) is 22.4 Å². The molecule has 280 valence electrons. The fourth-order valence-electron chi connectivity index (χ4n) is 10.3. The molecular formula is C53H38N4SSi. The second-order valence-electron chi connectivity index (χ2n) is 16.2. The standard InChI is InChI=1S/C53H38N4SSi/c1-53(2)44-23-14-30-54-52(44)57(46-28-29-48-49(50(46)53)42-22-10-12-25-47(42)58-48)35-15-13-20-38(33-35)59(36-16-5-3-6-17-36,37-18-7-4-8-19-37)39-26-27-40-41-21-9-11-24-45(41)56-32-31-55-51(56)43(40)34-39/h3-34H,1-2H3. The lowest BCUT2D eigenvalue weighted by Crippen LogP contribution is -2.74. The zero-order valence-electron chi connectivity index (χ0n) is 32.7. The van der Waals surface area contributed by atoms with Crippen LogP contribution in [0.4, 0.5) is 17.2 Å². The van der Waals surface area contributed by atoms with E-state index in [1.807, 2.05) is 23.7 Å². The summed E-state index contributed by atoms with van der Waals surface area (Å²) in [5, 5.41) is 11.5. The molecule has 6 heteroatoms. The Morgan fingerprint density at radius 1 is 0.525 bits per heavy atom. The van der Waals surface area contributed by atoms with Crippen LogP contribution in [0.5, 0.6) is 0 Å². The highest BCUT2D eigenvalue weighted by molar-refractivity contribution is 7.25. The Kier molecular flexibility index (Phi) is 7.43. The highest BCUT2D eigenvalue weighted by atomic mass is 32.1. The van der Waals surface area contributed by atoms with Crippen LogP contribution >= 0.6 is 11.3 Å². The smallest absolute Gasteiger partial charge is 0.179 e. The molecule has 0 aliphatic carbocycles. The van der Waals surface area contributed by atoms with E-state index in [1.165, 1.54) is 68.5 Å². The maximum atomic E-state index is 5.18. The molecule has 0 fully saturated rings. The number of para-hydroxylation sites is 1. The van der Waals surface area contributed by atoms with E-state index in [9.17, 15) is 0 Å². The van der Waals surface area contributed by atoms with Crippen LogP contribution in [0.3, 0.4) is 0 Å². The molecule has 0 bridgehead atoms. The number of fused-ring (bicyclic) bond motifs is 12. The van der Waals surface area contributed by atoms with Gasteiger partial charge in [0.15, 0.2) is 8.07 Å². The van der Waals surface area contributed by atoms with Gasteiger partial charge in [-0.15, -0.1) is 11.3 Å². The summed E-state index contributed by atoms with van der Waals surface area (Å²) in [6.07, 6.45) is 5.95. The summed E-state index contributed by atoms with van der Waals surface area (Å²) < 4.78 is 4.87. The van der Waals surface area contributed by atoms with Gasteiger partial charge in [0.25, 0.3) is 0 Å². The summed E-state index contributed by atoms with van der Waals surface area (Å²) in [5.74, 6) is 0.979. The number of rotatable bonds is 5. The van der Waals surface area contributed by atoms with Crippen molar-refractivity contribution in [2.45, 2.75) is 19.3 Å². The quantitative estimate of drug-likeness (QED) is 0.0989. The largest absolute Gasteiger partial charge is 0.299 e. The first kappa shape index (κ1) is 34.2. The molecule has 7 aromatic carbocycles. The zero-order chi connectivity index (χ0) is 39.3. The molecular weight excluding hydrogens is 753 g/mol. The third-order valence-corrected chi connectivity index (χ3v) is 18.7. The van der Waals surface area contributed by atoms with Gasteiger partial charge in [-0.25, -0.2) is 9.97 Å². The van der Waals surface area contributed by atoms with Gasteiger partial charge in [0.05, 0.1) is 11.2 Å². The van der Waals surface area contributed by atoms with Gasteiger partial charge in [0.2, 0.25) is 0 Å². The van der Waals surface area contributed by atoms with E-state index in [4.69, 9.17) is 9.97 Å². The molecule has 0 spiro atoms. The molecule has 1 aliphatic rings. The van der Waals surface area contributed by atoms with Gasteiger partial charge < -0.3 is 0 Å². The summed E-state index contributed by atoms with van der Waals surface area (Å²) in [5.41, 5.74) is 6.70. The maximum Gasteiger partial charge on any atom is 0.179 e.